The molecule has 160 valence electrons. The molecule has 0 fully saturated rings. The van der Waals surface area contributed by atoms with Crippen molar-refractivity contribution in [3.05, 3.63) is 74.4 Å². The number of fused-ring (bicyclic) bond motifs is 1. The molecule has 2 heterocycles. The van der Waals surface area contributed by atoms with E-state index in [1.54, 1.807) is 20.9 Å². The topological polar surface area (TPSA) is 64.3 Å². The van der Waals surface area contributed by atoms with Gasteiger partial charge in [-0.15, -0.1) is 11.3 Å². The van der Waals surface area contributed by atoms with E-state index in [1.807, 2.05) is 43.5 Å². The van der Waals surface area contributed by atoms with Crippen LogP contribution in [0.1, 0.15) is 36.1 Å². The van der Waals surface area contributed by atoms with Crippen LogP contribution in [0.2, 0.25) is 0 Å². The Balaban J connectivity index is 1.98. The lowest BCUT2D eigenvalue weighted by Crippen LogP contribution is -2.20. The first-order valence-electron chi connectivity index (χ1n) is 10.1. The highest BCUT2D eigenvalue weighted by Gasteiger charge is 2.22. The van der Waals surface area contributed by atoms with Crippen molar-refractivity contribution in [2.45, 2.75) is 40.2 Å². The first kappa shape index (κ1) is 21.3. The van der Waals surface area contributed by atoms with Crippen LogP contribution >= 0.6 is 11.3 Å². The Kier molecular flexibility index (Phi) is 5.23. The number of thiophene rings is 1. The number of hydrogen-bond donors (Lipinski definition) is 1. The van der Waals surface area contributed by atoms with E-state index in [-0.39, 0.29) is 5.56 Å². The third-order valence-corrected chi connectivity index (χ3v) is 6.32. The molecule has 1 N–H and O–H groups in total. The Hall–Kier alpha value is -2.96. The number of aryl methyl sites for hydroxylation is 4. The minimum absolute atomic E-state index is 0.125. The second kappa shape index (κ2) is 7.62. The summed E-state index contributed by atoms with van der Waals surface area (Å²) in [5.41, 5.74) is 4.25. The summed E-state index contributed by atoms with van der Waals surface area (Å²) in [6, 6.07) is 11.7. The fourth-order valence-corrected chi connectivity index (χ4v) is 4.74. The van der Waals surface area contributed by atoms with Gasteiger partial charge in [0.05, 0.1) is 5.60 Å². The van der Waals surface area contributed by atoms with Crippen LogP contribution in [0.5, 0.6) is 11.5 Å². The first-order chi connectivity index (χ1) is 14.6. The normalized spacial score (nSPS) is 11.8. The van der Waals surface area contributed by atoms with Gasteiger partial charge < -0.3 is 9.84 Å². The predicted octanol–water partition coefficient (Wildman–Crippen LogP) is 5.61. The second-order valence-electron chi connectivity index (χ2n) is 8.54. The minimum atomic E-state index is -1.03. The number of nitrogens with zero attached hydrogens (tertiary/aromatic N) is 2. The molecule has 0 bridgehead atoms. The molecule has 0 unspecified atom stereocenters. The zero-order valence-electron chi connectivity index (χ0n) is 18.6. The molecule has 0 saturated heterocycles. The van der Waals surface area contributed by atoms with E-state index in [1.165, 1.54) is 21.6 Å². The van der Waals surface area contributed by atoms with Crippen LogP contribution < -0.4 is 10.3 Å². The molecule has 0 aliphatic rings. The van der Waals surface area contributed by atoms with Crippen molar-refractivity contribution in [1.82, 2.24) is 9.78 Å². The maximum absolute atomic E-state index is 12.5. The molecular formula is C25H26N2O3S. The summed E-state index contributed by atoms with van der Waals surface area (Å²) in [4.78, 5) is 12.5. The first-order valence-corrected chi connectivity index (χ1v) is 11.0. The minimum Gasteiger partial charge on any atom is -0.456 e. The van der Waals surface area contributed by atoms with Crippen molar-refractivity contribution in [3.63, 3.8) is 0 Å². The summed E-state index contributed by atoms with van der Waals surface area (Å²) in [6.07, 6.45) is 0. The van der Waals surface area contributed by atoms with Crippen molar-refractivity contribution >= 4 is 21.4 Å². The monoisotopic (exact) mass is 434 g/mol. The standard InChI is InChI=1S/C25H26N2O3S/c1-14-11-15(2)22(16(3)12-14)30-20-8-7-17(25(4,5)29)13-19(20)21-18-9-10-31-23(18)24(28)27(6)26-21/h7-13,29H,1-6H3. The van der Waals surface area contributed by atoms with Crippen LogP contribution in [0, 0.1) is 20.8 Å². The molecule has 0 atom stereocenters. The van der Waals surface area contributed by atoms with Gasteiger partial charge in [0.25, 0.3) is 5.56 Å². The van der Waals surface area contributed by atoms with Crippen LogP contribution in [0.3, 0.4) is 0 Å². The van der Waals surface area contributed by atoms with Crippen molar-refractivity contribution in [2.24, 2.45) is 7.05 Å². The lowest BCUT2D eigenvalue weighted by molar-refractivity contribution is 0.0786. The van der Waals surface area contributed by atoms with Gasteiger partial charge in [-0.2, -0.15) is 5.10 Å². The quantitative estimate of drug-likeness (QED) is 0.454. The van der Waals surface area contributed by atoms with E-state index in [0.29, 0.717) is 16.1 Å². The summed E-state index contributed by atoms with van der Waals surface area (Å²) < 4.78 is 8.44. The van der Waals surface area contributed by atoms with Crippen molar-refractivity contribution in [1.29, 1.82) is 0 Å². The summed E-state index contributed by atoms with van der Waals surface area (Å²) >= 11 is 1.40. The summed E-state index contributed by atoms with van der Waals surface area (Å²) in [7, 11) is 1.65. The van der Waals surface area contributed by atoms with Crippen molar-refractivity contribution in [3.8, 4) is 22.8 Å². The number of aliphatic hydroxyl groups is 1. The number of benzene rings is 2. The van der Waals surface area contributed by atoms with E-state index in [9.17, 15) is 9.90 Å². The van der Waals surface area contributed by atoms with Crippen LogP contribution in [-0.4, -0.2) is 14.9 Å². The Morgan fingerprint density at radius 1 is 1.06 bits per heavy atom. The Morgan fingerprint density at radius 2 is 1.74 bits per heavy atom. The van der Waals surface area contributed by atoms with Gasteiger partial charge in [0.1, 0.15) is 21.9 Å². The molecule has 6 heteroatoms. The smallest absolute Gasteiger partial charge is 0.284 e. The molecule has 0 saturated carbocycles. The van der Waals surface area contributed by atoms with Gasteiger partial charge in [0.15, 0.2) is 0 Å². The largest absolute Gasteiger partial charge is 0.456 e. The molecule has 2 aromatic heterocycles. The molecule has 2 aromatic carbocycles. The van der Waals surface area contributed by atoms with Crippen molar-refractivity contribution < 1.29 is 9.84 Å². The lowest BCUT2D eigenvalue weighted by atomic mass is 9.94. The third kappa shape index (κ3) is 3.89. The number of ether oxygens (including phenoxy) is 1. The maximum atomic E-state index is 12.5. The molecule has 0 spiro atoms. The van der Waals surface area contributed by atoms with E-state index in [0.717, 1.165) is 33.4 Å². The van der Waals surface area contributed by atoms with Gasteiger partial charge in [-0.3, -0.25) is 4.79 Å². The summed E-state index contributed by atoms with van der Waals surface area (Å²) in [6.45, 7) is 9.61. The fraction of sp³-hybridized carbons (Fsp3) is 0.280. The molecular weight excluding hydrogens is 408 g/mol. The number of aromatic nitrogens is 2. The Bertz CT molecular complexity index is 1340. The van der Waals surface area contributed by atoms with Gasteiger partial charge in [-0.1, -0.05) is 23.8 Å². The zero-order chi connectivity index (χ0) is 22.5. The number of hydrogen-bond acceptors (Lipinski definition) is 5. The molecule has 0 radical (unpaired) electrons. The highest BCUT2D eigenvalue weighted by atomic mass is 32.1. The van der Waals surface area contributed by atoms with Crippen molar-refractivity contribution in [2.75, 3.05) is 0 Å². The molecule has 0 aliphatic heterocycles. The predicted molar refractivity (Wildman–Crippen MR) is 126 cm³/mol. The van der Waals surface area contributed by atoms with E-state index in [4.69, 9.17) is 4.74 Å². The van der Waals surface area contributed by atoms with Gasteiger partial charge in [0, 0.05) is 18.0 Å². The van der Waals surface area contributed by atoms with Gasteiger partial charge in [0.2, 0.25) is 0 Å². The van der Waals surface area contributed by atoms with E-state index in [2.05, 4.69) is 24.2 Å². The zero-order valence-corrected chi connectivity index (χ0v) is 19.4. The average molecular weight is 435 g/mol. The molecule has 5 nitrogen and oxygen atoms in total. The third-order valence-electron chi connectivity index (χ3n) is 5.42. The second-order valence-corrected chi connectivity index (χ2v) is 9.46. The molecule has 4 rings (SSSR count). The molecule has 4 aromatic rings. The Labute approximate surface area is 185 Å². The highest BCUT2D eigenvalue weighted by Crippen LogP contribution is 2.40. The Morgan fingerprint density at radius 3 is 2.39 bits per heavy atom. The maximum Gasteiger partial charge on any atom is 0.284 e. The van der Waals surface area contributed by atoms with Crippen LogP contribution in [0.4, 0.5) is 0 Å². The lowest BCUT2D eigenvalue weighted by Gasteiger charge is -2.21. The summed E-state index contributed by atoms with van der Waals surface area (Å²) in [5, 5.41) is 17.9. The van der Waals surface area contributed by atoms with Crippen LogP contribution in [0.15, 0.2) is 46.6 Å². The van der Waals surface area contributed by atoms with E-state index >= 15 is 0 Å². The molecule has 31 heavy (non-hydrogen) atoms. The van der Waals surface area contributed by atoms with Gasteiger partial charge >= 0.3 is 0 Å². The SMILES string of the molecule is Cc1cc(C)c(Oc2ccc(C(C)(C)O)cc2-c2nn(C)c(=O)c3sccc23)c(C)c1. The highest BCUT2D eigenvalue weighted by molar-refractivity contribution is 7.17. The van der Waals surface area contributed by atoms with Crippen LogP contribution in [-0.2, 0) is 12.6 Å². The average Bonchev–Trinajstić information content (AvgIpc) is 3.17. The molecule has 0 amide bonds. The number of rotatable bonds is 4. The fourth-order valence-electron chi connectivity index (χ4n) is 3.88. The molecule has 0 aliphatic carbocycles. The van der Waals surface area contributed by atoms with Gasteiger partial charge in [-0.05, 0) is 74.9 Å². The van der Waals surface area contributed by atoms with Crippen LogP contribution in [0.25, 0.3) is 21.3 Å². The van der Waals surface area contributed by atoms with Gasteiger partial charge in [-0.25, -0.2) is 4.68 Å². The summed E-state index contributed by atoms with van der Waals surface area (Å²) in [5.74, 6) is 1.43. The van der Waals surface area contributed by atoms with E-state index < -0.39 is 5.60 Å².